The third-order valence-corrected chi connectivity index (χ3v) is 18.3. The second kappa shape index (κ2) is 73.8. The Kier molecular flexibility index (Phi) is 72.3. The molecule has 84 heavy (non-hydrogen) atoms. The number of esters is 1. The van der Waals surface area contributed by atoms with Crippen LogP contribution in [0.3, 0.4) is 0 Å². The fourth-order valence-electron chi connectivity index (χ4n) is 12.4. The summed E-state index contributed by atoms with van der Waals surface area (Å²) < 4.78 is 5.51. The second-order valence-electron chi connectivity index (χ2n) is 26.7. The van der Waals surface area contributed by atoms with E-state index in [9.17, 15) is 19.8 Å². The number of aliphatic hydroxyl groups is 2. The van der Waals surface area contributed by atoms with Gasteiger partial charge < -0.3 is 20.3 Å². The van der Waals surface area contributed by atoms with E-state index in [1.165, 1.54) is 353 Å². The molecule has 6 heteroatoms. The van der Waals surface area contributed by atoms with Gasteiger partial charge in [-0.2, -0.15) is 0 Å². The lowest BCUT2D eigenvalue weighted by molar-refractivity contribution is -0.143. The van der Waals surface area contributed by atoms with Crippen molar-refractivity contribution in [2.45, 2.75) is 450 Å². The summed E-state index contributed by atoms with van der Waals surface area (Å²) >= 11 is 0. The molecule has 0 aliphatic carbocycles. The van der Waals surface area contributed by atoms with E-state index in [0.29, 0.717) is 25.9 Å². The third-order valence-electron chi connectivity index (χ3n) is 18.3. The first-order valence-electron chi connectivity index (χ1n) is 38.6. The van der Waals surface area contributed by atoms with Crippen LogP contribution in [-0.4, -0.2) is 47.4 Å². The van der Waals surface area contributed by atoms with Gasteiger partial charge >= 0.3 is 5.97 Å². The van der Waals surface area contributed by atoms with E-state index in [1.807, 2.05) is 0 Å². The maximum Gasteiger partial charge on any atom is 0.305 e. The highest BCUT2D eigenvalue weighted by molar-refractivity contribution is 5.76. The van der Waals surface area contributed by atoms with Crippen LogP contribution in [0, 0.1) is 0 Å². The van der Waals surface area contributed by atoms with Crippen LogP contribution in [0.25, 0.3) is 0 Å². The fourth-order valence-corrected chi connectivity index (χ4v) is 12.4. The molecule has 0 aromatic carbocycles. The Morgan fingerprint density at radius 2 is 0.595 bits per heavy atom. The fraction of sp³-hybridized carbons (Fsp3) is 0.923. The molecule has 498 valence electrons. The van der Waals surface area contributed by atoms with Crippen LogP contribution in [0.1, 0.15) is 438 Å². The molecule has 0 aliphatic heterocycles. The highest BCUT2D eigenvalue weighted by Crippen LogP contribution is 2.20. The number of unbranched alkanes of at least 4 members (excludes halogenated alkanes) is 58. The summed E-state index contributed by atoms with van der Waals surface area (Å²) in [5.74, 6) is -0.0128. The van der Waals surface area contributed by atoms with E-state index in [2.05, 4.69) is 43.5 Å². The first-order valence-corrected chi connectivity index (χ1v) is 38.6. The van der Waals surface area contributed by atoms with E-state index in [4.69, 9.17) is 4.74 Å². The molecule has 0 aliphatic rings. The second-order valence-corrected chi connectivity index (χ2v) is 26.7. The predicted octanol–water partition coefficient (Wildman–Crippen LogP) is 25.3. The van der Waals surface area contributed by atoms with Crippen molar-refractivity contribution in [3.63, 3.8) is 0 Å². The van der Waals surface area contributed by atoms with Crippen molar-refractivity contribution in [1.29, 1.82) is 0 Å². The number of aliphatic hydroxyl groups excluding tert-OH is 2. The first-order chi connectivity index (χ1) is 41.5. The van der Waals surface area contributed by atoms with Crippen molar-refractivity contribution in [2.75, 3.05) is 13.2 Å². The molecule has 0 heterocycles. The number of ether oxygens (including phenoxy) is 1. The summed E-state index contributed by atoms with van der Waals surface area (Å²) in [4.78, 5) is 24.7. The van der Waals surface area contributed by atoms with E-state index in [0.717, 1.165) is 51.4 Å². The minimum Gasteiger partial charge on any atom is -0.466 e. The van der Waals surface area contributed by atoms with Crippen LogP contribution >= 0.6 is 0 Å². The molecule has 2 unspecified atom stereocenters. The topological polar surface area (TPSA) is 95.9 Å². The number of rotatable bonds is 73. The maximum absolute atomic E-state index is 12.6. The lowest BCUT2D eigenvalue weighted by atomic mass is 10.0. The van der Waals surface area contributed by atoms with E-state index >= 15 is 0 Å². The van der Waals surface area contributed by atoms with Gasteiger partial charge in [0.2, 0.25) is 5.91 Å². The average molecular weight is 1180 g/mol. The molecule has 0 rings (SSSR count). The van der Waals surface area contributed by atoms with Gasteiger partial charge in [0.1, 0.15) is 0 Å². The van der Waals surface area contributed by atoms with Gasteiger partial charge in [-0.1, -0.05) is 391 Å². The van der Waals surface area contributed by atoms with Gasteiger partial charge in [0, 0.05) is 12.8 Å². The van der Waals surface area contributed by atoms with Crippen molar-refractivity contribution in [3.8, 4) is 0 Å². The van der Waals surface area contributed by atoms with Crippen molar-refractivity contribution in [1.82, 2.24) is 5.32 Å². The van der Waals surface area contributed by atoms with Gasteiger partial charge in [0.25, 0.3) is 0 Å². The highest BCUT2D eigenvalue weighted by atomic mass is 16.5. The maximum atomic E-state index is 12.6. The summed E-state index contributed by atoms with van der Waals surface area (Å²) in [6.07, 6.45) is 93.9. The molecule has 0 saturated carbocycles. The quantitative estimate of drug-likeness (QED) is 0.0320. The molecular formula is C78H151NO5. The number of carbonyl (C=O) groups is 2. The molecule has 0 saturated heterocycles. The minimum absolute atomic E-state index is 0.0147. The van der Waals surface area contributed by atoms with Crippen molar-refractivity contribution < 1.29 is 24.5 Å². The van der Waals surface area contributed by atoms with Crippen LogP contribution < -0.4 is 5.32 Å². The number of carbonyl (C=O) groups excluding carboxylic acids is 2. The molecule has 3 N–H and O–H groups in total. The summed E-state index contributed by atoms with van der Waals surface area (Å²) in [5, 5.41) is 23.5. The van der Waals surface area contributed by atoms with E-state index in [-0.39, 0.29) is 18.5 Å². The molecule has 2 atom stereocenters. The molecule has 0 fully saturated rings. The van der Waals surface area contributed by atoms with Crippen LogP contribution in [0.5, 0.6) is 0 Å². The Bertz CT molecular complexity index is 1320. The minimum atomic E-state index is -0.664. The number of nitrogens with one attached hydrogen (secondary N) is 1. The number of amides is 1. The van der Waals surface area contributed by atoms with Gasteiger partial charge in [0.15, 0.2) is 0 Å². The lowest BCUT2D eigenvalue weighted by Gasteiger charge is -2.22. The summed E-state index contributed by atoms with van der Waals surface area (Å²) in [6.45, 7) is 4.98. The van der Waals surface area contributed by atoms with Crippen molar-refractivity contribution >= 4 is 11.9 Å². The molecule has 1 amide bonds. The highest BCUT2D eigenvalue weighted by Gasteiger charge is 2.20. The number of hydrogen-bond acceptors (Lipinski definition) is 5. The van der Waals surface area contributed by atoms with E-state index in [1.54, 1.807) is 0 Å². The Morgan fingerprint density at radius 1 is 0.333 bits per heavy atom. The van der Waals surface area contributed by atoms with Crippen LogP contribution in [0.4, 0.5) is 0 Å². The number of allylic oxidation sites excluding steroid dienone is 4. The van der Waals surface area contributed by atoms with Gasteiger partial charge in [-0.3, -0.25) is 9.59 Å². The third kappa shape index (κ3) is 69.4. The average Bonchev–Trinajstić information content (AvgIpc) is 3.51. The Morgan fingerprint density at radius 3 is 0.929 bits per heavy atom. The van der Waals surface area contributed by atoms with Gasteiger partial charge in [-0.25, -0.2) is 0 Å². The lowest BCUT2D eigenvalue weighted by Crippen LogP contribution is -2.45. The monoisotopic (exact) mass is 1180 g/mol. The summed E-state index contributed by atoms with van der Waals surface area (Å²) in [6, 6.07) is -0.541. The summed E-state index contributed by atoms with van der Waals surface area (Å²) in [5.41, 5.74) is 0. The Balaban J connectivity index is 3.35. The largest absolute Gasteiger partial charge is 0.466 e. The zero-order chi connectivity index (χ0) is 60.6. The van der Waals surface area contributed by atoms with E-state index < -0.39 is 12.1 Å². The first kappa shape index (κ1) is 82.3. The molecule has 0 bridgehead atoms. The zero-order valence-electron chi connectivity index (χ0n) is 57.2. The number of hydrogen-bond donors (Lipinski definition) is 3. The van der Waals surface area contributed by atoms with Crippen molar-refractivity contribution in [3.05, 3.63) is 24.3 Å². The standard InChI is InChI=1S/C78H151NO5/c1-3-5-7-9-11-13-15-17-19-21-23-24-31-35-38-42-46-50-54-58-62-66-70-76(81)75(74-80)79-77(82)71-67-63-59-55-51-47-43-39-36-32-29-27-25-26-28-30-33-37-41-45-49-53-57-61-65-69-73-84-78(83)72-68-64-60-56-52-48-44-40-34-22-20-18-16-14-12-10-8-6-4-2/h12,14,18,20,75-76,80-81H,3-11,13,15-17,19,21-74H2,1-2H3,(H,79,82)/b14-12-,20-18-. The SMILES string of the molecule is CCCCC/C=C\C/C=C\CCCCCCCCCCCC(=O)OCCCCCCCCCCCCCCCCCCCCCCCCCCCCC(=O)NC(CO)C(O)CCCCCCCCCCCCCCCCCCCCCCCC. The van der Waals surface area contributed by atoms with Gasteiger partial charge in [0.05, 0.1) is 25.4 Å². The van der Waals surface area contributed by atoms with Crippen LogP contribution in [0.2, 0.25) is 0 Å². The van der Waals surface area contributed by atoms with Crippen LogP contribution in [-0.2, 0) is 14.3 Å². The van der Waals surface area contributed by atoms with Crippen molar-refractivity contribution in [2.24, 2.45) is 0 Å². The molecule has 0 aromatic heterocycles. The van der Waals surface area contributed by atoms with Gasteiger partial charge in [-0.05, 0) is 57.8 Å². The molecular weight excluding hydrogens is 1030 g/mol. The molecule has 6 nitrogen and oxygen atoms in total. The molecule has 0 aromatic rings. The van der Waals surface area contributed by atoms with Gasteiger partial charge in [-0.15, -0.1) is 0 Å². The summed E-state index contributed by atoms with van der Waals surface area (Å²) in [7, 11) is 0. The smallest absolute Gasteiger partial charge is 0.305 e. The normalized spacial score (nSPS) is 12.6. The Labute approximate surface area is 526 Å². The Hall–Kier alpha value is -1.66. The van der Waals surface area contributed by atoms with Crippen LogP contribution in [0.15, 0.2) is 24.3 Å². The predicted molar refractivity (Wildman–Crippen MR) is 370 cm³/mol. The molecule has 0 radical (unpaired) electrons. The molecule has 0 spiro atoms. The zero-order valence-corrected chi connectivity index (χ0v) is 57.2.